The number of hydrogen-bond donors (Lipinski definition) is 1. The first kappa shape index (κ1) is 25.1. The second kappa shape index (κ2) is 10.6. The zero-order valence-corrected chi connectivity index (χ0v) is 19.7. The summed E-state index contributed by atoms with van der Waals surface area (Å²) in [5.41, 5.74) is 0.642. The van der Waals surface area contributed by atoms with E-state index in [9.17, 15) is 9.59 Å². The van der Waals surface area contributed by atoms with Crippen LogP contribution in [0.3, 0.4) is 0 Å². The predicted octanol–water partition coefficient (Wildman–Crippen LogP) is 3.92. The molecule has 3 fully saturated rings. The number of carboxylic acid groups (broad SMARTS) is 1. The topological polar surface area (TPSA) is 97.9 Å². The first-order valence-corrected chi connectivity index (χ1v) is 11.3. The molecule has 1 aliphatic carbocycles. The standard InChI is InChI=1S/C26H34O7/c1-18(2)13-14-20-25(3,33-20)24-23(30-4)19(15-16-26(24)17-31-26)32-22(29)12-10-8-6-5-7-9-11-21(27)28/h5-13,19-20,23-24H,14-17H2,1-4H3,(H,27,28)/b7-5+,8-6+,11-9+,12-10+/t19-,20+,23-,24+,25+,26+/m1/s1. The van der Waals surface area contributed by atoms with Gasteiger partial charge in [-0.1, -0.05) is 48.1 Å². The molecule has 33 heavy (non-hydrogen) atoms. The summed E-state index contributed by atoms with van der Waals surface area (Å²) in [6.45, 7) is 6.96. The highest BCUT2D eigenvalue weighted by molar-refractivity contribution is 5.82. The van der Waals surface area contributed by atoms with Gasteiger partial charge in [-0.2, -0.15) is 0 Å². The van der Waals surface area contributed by atoms with E-state index < -0.39 is 11.9 Å². The van der Waals surface area contributed by atoms with Gasteiger partial charge in [0, 0.05) is 19.3 Å². The second-order valence-corrected chi connectivity index (χ2v) is 9.18. The molecule has 0 radical (unpaired) electrons. The Bertz CT molecular complexity index is 873. The van der Waals surface area contributed by atoms with Crippen molar-refractivity contribution in [2.24, 2.45) is 5.92 Å². The molecule has 0 aromatic carbocycles. The molecule has 7 heteroatoms. The lowest BCUT2D eigenvalue weighted by molar-refractivity contribution is -0.166. The maximum Gasteiger partial charge on any atom is 0.331 e. The lowest BCUT2D eigenvalue weighted by atomic mass is 9.68. The predicted molar refractivity (Wildman–Crippen MR) is 124 cm³/mol. The van der Waals surface area contributed by atoms with Crippen molar-refractivity contribution in [3.05, 3.63) is 60.3 Å². The Labute approximate surface area is 195 Å². The zero-order valence-electron chi connectivity index (χ0n) is 19.7. The third-order valence-corrected chi connectivity index (χ3v) is 6.53. The van der Waals surface area contributed by atoms with Crippen LogP contribution in [0.15, 0.2) is 60.3 Å². The van der Waals surface area contributed by atoms with E-state index in [0.717, 1.165) is 18.9 Å². The summed E-state index contributed by atoms with van der Waals surface area (Å²) in [6, 6.07) is 0. The Kier molecular flexibility index (Phi) is 8.10. The van der Waals surface area contributed by atoms with E-state index >= 15 is 0 Å². The van der Waals surface area contributed by atoms with Crippen LogP contribution in [0.4, 0.5) is 0 Å². The molecule has 2 heterocycles. The Balaban J connectivity index is 1.59. The minimum Gasteiger partial charge on any atom is -0.478 e. The number of carbonyl (C=O) groups is 2. The number of allylic oxidation sites excluding steroid dienone is 7. The molecule has 0 amide bonds. The number of aliphatic carboxylic acids is 1. The minimum atomic E-state index is -1.00. The average Bonchev–Trinajstić information content (AvgIpc) is 3.67. The average molecular weight is 459 g/mol. The van der Waals surface area contributed by atoms with Crippen LogP contribution in [0.2, 0.25) is 0 Å². The summed E-state index contributed by atoms with van der Waals surface area (Å²) < 4.78 is 23.8. The largest absolute Gasteiger partial charge is 0.478 e. The van der Waals surface area contributed by atoms with Crippen LogP contribution in [-0.2, 0) is 28.5 Å². The summed E-state index contributed by atoms with van der Waals surface area (Å²) in [4.78, 5) is 22.8. The fourth-order valence-electron chi connectivity index (χ4n) is 4.79. The highest BCUT2D eigenvalue weighted by atomic mass is 16.6. The van der Waals surface area contributed by atoms with Crippen LogP contribution < -0.4 is 0 Å². The van der Waals surface area contributed by atoms with Gasteiger partial charge in [-0.15, -0.1) is 0 Å². The molecule has 0 aromatic rings. The highest BCUT2D eigenvalue weighted by Crippen LogP contribution is 2.59. The molecule has 0 bridgehead atoms. The van der Waals surface area contributed by atoms with Crippen molar-refractivity contribution in [3.8, 4) is 0 Å². The monoisotopic (exact) mass is 458 g/mol. The van der Waals surface area contributed by atoms with Gasteiger partial charge in [0.1, 0.15) is 23.4 Å². The number of carboxylic acids is 1. The minimum absolute atomic E-state index is 0.00928. The van der Waals surface area contributed by atoms with Crippen molar-refractivity contribution in [1.29, 1.82) is 0 Å². The van der Waals surface area contributed by atoms with Crippen LogP contribution in [0.5, 0.6) is 0 Å². The van der Waals surface area contributed by atoms with E-state index in [0.29, 0.717) is 13.0 Å². The number of methoxy groups -OCH3 is 1. The van der Waals surface area contributed by atoms with Gasteiger partial charge in [0.15, 0.2) is 0 Å². The van der Waals surface area contributed by atoms with E-state index in [1.54, 1.807) is 37.5 Å². The summed E-state index contributed by atoms with van der Waals surface area (Å²) in [5.74, 6) is -1.45. The fourth-order valence-corrected chi connectivity index (χ4v) is 4.79. The van der Waals surface area contributed by atoms with Crippen molar-refractivity contribution in [3.63, 3.8) is 0 Å². The molecule has 0 aromatic heterocycles. The molecule has 6 atom stereocenters. The number of ether oxygens (including phenoxy) is 4. The molecule has 3 rings (SSSR count). The third-order valence-electron chi connectivity index (χ3n) is 6.53. The summed E-state index contributed by atoms with van der Waals surface area (Å²) in [6.07, 6.45) is 16.0. The number of hydrogen-bond acceptors (Lipinski definition) is 6. The highest BCUT2D eigenvalue weighted by Gasteiger charge is 2.72. The summed E-state index contributed by atoms with van der Waals surface area (Å²) in [5, 5.41) is 8.51. The quantitative estimate of drug-likeness (QED) is 0.174. The molecular weight excluding hydrogens is 424 g/mol. The molecule has 2 saturated heterocycles. The SMILES string of the molecule is CO[C@H]1[C@@H]([C@@]2(C)O[C@H]2CC=C(C)C)[C@]2(CC[C@H]1OC(=O)/C=C/C=C/C=C/C=C/C(=O)O)CO2. The van der Waals surface area contributed by atoms with Gasteiger partial charge < -0.3 is 24.1 Å². The molecule has 2 aliphatic heterocycles. The normalized spacial score (nSPS) is 35.6. The number of carbonyl (C=O) groups excluding carboxylic acids is 1. The molecule has 1 saturated carbocycles. The van der Waals surface area contributed by atoms with Crippen LogP contribution in [-0.4, -0.2) is 60.3 Å². The lowest BCUT2D eigenvalue weighted by Gasteiger charge is -2.42. The Morgan fingerprint density at radius 1 is 1.09 bits per heavy atom. The molecule has 1 spiro atoms. The first-order valence-electron chi connectivity index (χ1n) is 11.3. The fraction of sp³-hybridized carbons (Fsp3) is 0.538. The first-order chi connectivity index (χ1) is 15.7. The Hall–Kier alpha value is -2.48. The van der Waals surface area contributed by atoms with Crippen LogP contribution in [0.1, 0.15) is 40.0 Å². The molecule has 180 valence electrons. The van der Waals surface area contributed by atoms with E-state index in [2.05, 4.69) is 26.8 Å². The smallest absolute Gasteiger partial charge is 0.331 e. The number of epoxide rings is 2. The van der Waals surface area contributed by atoms with Gasteiger partial charge in [0.2, 0.25) is 0 Å². The van der Waals surface area contributed by atoms with Crippen LogP contribution in [0.25, 0.3) is 0 Å². The van der Waals surface area contributed by atoms with E-state index in [-0.39, 0.29) is 35.4 Å². The summed E-state index contributed by atoms with van der Waals surface area (Å²) in [7, 11) is 1.65. The van der Waals surface area contributed by atoms with Crippen molar-refractivity contribution in [2.75, 3.05) is 13.7 Å². The molecular formula is C26H34O7. The summed E-state index contributed by atoms with van der Waals surface area (Å²) >= 11 is 0. The maximum absolute atomic E-state index is 12.4. The van der Waals surface area contributed by atoms with E-state index in [1.807, 2.05) is 0 Å². The number of esters is 1. The van der Waals surface area contributed by atoms with Gasteiger partial charge in [-0.3, -0.25) is 0 Å². The molecule has 7 nitrogen and oxygen atoms in total. The van der Waals surface area contributed by atoms with Crippen molar-refractivity contribution in [2.45, 2.75) is 69.5 Å². The van der Waals surface area contributed by atoms with Crippen LogP contribution >= 0.6 is 0 Å². The van der Waals surface area contributed by atoms with Crippen LogP contribution in [0, 0.1) is 5.92 Å². The van der Waals surface area contributed by atoms with Gasteiger partial charge in [-0.25, -0.2) is 9.59 Å². The zero-order chi connectivity index (χ0) is 24.1. The van der Waals surface area contributed by atoms with E-state index in [1.165, 1.54) is 17.7 Å². The molecule has 0 unspecified atom stereocenters. The van der Waals surface area contributed by atoms with Crippen molar-refractivity contribution >= 4 is 11.9 Å². The number of rotatable bonds is 10. The van der Waals surface area contributed by atoms with E-state index in [4.69, 9.17) is 24.1 Å². The van der Waals surface area contributed by atoms with Gasteiger partial charge in [0.05, 0.1) is 18.6 Å². The Morgan fingerprint density at radius 2 is 1.73 bits per heavy atom. The lowest BCUT2D eigenvalue weighted by Crippen LogP contribution is -2.55. The third kappa shape index (κ3) is 6.31. The van der Waals surface area contributed by atoms with Gasteiger partial charge in [0.25, 0.3) is 0 Å². The Morgan fingerprint density at radius 3 is 2.30 bits per heavy atom. The molecule has 1 N–H and O–H groups in total. The van der Waals surface area contributed by atoms with Gasteiger partial charge in [-0.05, 0) is 40.0 Å². The maximum atomic E-state index is 12.4. The van der Waals surface area contributed by atoms with Crippen molar-refractivity contribution in [1.82, 2.24) is 0 Å². The molecule has 3 aliphatic rings. The van der Waals surface area contributed by atoms with Crippen molar-refractivity contribution < 1.29 is 33.6 Å². The second-order valence-electron chi connectivity index (χ2n) is 9.18. The van der Waals surface area contributed by atoms with Gasteiger partial charge >= 0.3 is 11.9 Å².